The molecule has 1 saturated heterocycles. The third-order valence-electron chi connectivity index (χ3n) is 3.55. The van der Waals surface area contributed by atoms with Gasteiger partial charge in [-0.15, -0.1) is 0 Å². The molecule has 0 radical (unpaired) electrons. The van der Waals surface area contributed by atoms with Crippen molar-refractivity contribution < 1.29 is 29.6 Å². The zero-order chi connectivity index (χ0) is 15.3. The highest BCUT2D eigenvalue weighted by Crippen LogP contribution is 2.21. The van der Waals surface area contributed by atoms with Crippen LogP contribution >= 0.6 is 0 Å². The van der Waals surface area contributed by atoms with Crippen molar-refractivity contribution in [3.63, 3.8) is 0 Å². The highest BCUT2D eigenvalue weighted by atomic mass is 16.7. The van der Waals surface area contributed by atoms with E-state index < -0.39 is 30.7 Å². The van der Waals surface area contributed by atoms with Crippen molar-refractivity contribution in [1.29, 1.82) is 0 Å². The smallest absolute Gasteiger partial charge is 0.186 e. The number of rotatable bonds is 7. The maximum Gasteiger partial charge on any atom is 0.186 e. The Hall–Kier alpha value is -0.530. The van der Waals surface area contributed by atoms with E-state index in [-0.39, 0.29) is 11.7 Å². The lowest BCUT2D eigenvalue weighted by Gasteiger charge is -2.38. The number of aliphatic hydroxyl groups excluding tert-OH is 3. The quantitative estimate of drug-likeness (QED) is 0.581. The minimum Gasteiger partial charge on any atom is -0.388 e. The Kier molecular flexibility index (Phi) is 7.05. The standard InChI is InChI=1S/C14H26O6/c1-8(2)10(15)6-4-5-7-19-14-13(18)12(17)11(16)9(3)20-14/h8-9,11-14,16-18H,4-7H2,1-3H3. The van der Waals surface area contributed by atoms with Crippen LogP contribution in [-0.4, -0.2) is 58.4 Å². The molecule has 0 aromatic rings. The molecule has 5 atom stereocenters. The van der Waals surface area contributed by atoms with Crippen LogP contribution < -0.4 is 0 Å². The summed E-state index contributed by atoms with van der Waals surface area (Å²) in [7, 11) is 0. The van der Waals surface area contributed by atoms with E-state index in [4.69, 9.17) is 9.47 Å². The fourth-order valence-corrected chi connectivity index (χ4v) is 2.04. The normalized spacial score (nSPS) is 34.5. The van der Waals surface area contributed by atoms with Crippen molar-refractivity contribution >= 4 is 5.78 Å². The maximum atomic E-state index is 11.4. The Bertz CT molecular complexity index is 306. The summed E-state index contributed by atoms with van der Waals surface area (Å²) in [5.74, 6) is 0.281. The summed E-state index contributed by atoms with van der Waals surface area (Å²) in [5.41, 5.74) is 0. The molecular weight excluding hydrogens is 264 g/mol. The average molecular weight is 290 g/mol. The molecule has 1 rings (SSSR count). The molecule has 5 unspecified atom stereocenters. The van der Waals surface area contributed by atoms with Gasteiger partial charge in [0.1, 0.15) is 24.1 Å². The number of unbranched alkanes of at least 4 members (excludes halogenated alkanes) is 1. The monoisotopic (exact) mass is 290 g/mol. The van der Waals surface area contributed by atoms with E-state index in [0.717, 1.165) is 6.42 Å². The topological polar surface area (TPSA) is 96.2 Å². The van der Waals surface area contributed by atoms with Crippen molar-refractivity contribution in [3.05, 3.63) is 0 Å². The lowest BCUT2D eigenvalue weighted by molar-refractivity contribution is -0.293. The first kappa shape index (κ1) is 17.5. The predicted octanol–water partition coefficient (Wildman–Crippen LogP) is 0.226. The molecule has 1 fully saturated rings. The molecule has 0 aromatic heterocycles. The molecule has 6 nitrogen and oxygen atoms in total. The maximum absolute atomic E-state index is 11.4. The average Bonchev–Trinajstić information content (AvgIpc) is 2.41. The number of hydrogen-bond donors (Lipinski definition) is 3. The number of hydrogen-bond acceptors (Lipinski definition) is 6. The van der Waals surface area contributed by atoms with Gasteiger partial charge >= 0.3 is 0 Å². The second-order valence-electron chi connectivity index (χ2n) is 5.63. The van der Waals surface area contributed by atoms with E-state index in [2.05, 4.69) is 0 Å². The Morgan fingerprint density at radius 1 is 1.15 bits per heavy atom. The van der Waals surface area contributed by atoms with Gasteiger partial charge in [0, 0.05) is 18.9 Å². The molecule has 1 aliphatic heterocycles. The molecule has 1 heterocycles. The molecular formula is C14H26O6. The number of carbonyl (C=O) groups is 1. The van der Waals surface area contributed by atoms with Crippen LogP contribution in [0.5, 0.6) is 0 Å². The van der Waals surface area contributed by atoms with Crippen LogP contribution in [0, 0.1) is 5.92 Å². The number of aliphatic hydroxyl groups is 3. The molecule has 0 amide bonds. The fraction of sp³-hybridized carbons (Fsp3) is 0.929. The Morgan fingerprint density at radius 2 is 1.80 bits per heavy atom. The van der Waals surface area contributed by atoms with Crippen LogP contribution in [0.2, 0.25) is 0 Å². The van der Waals surface area contributed by atoms with Gasteiger partial charge in [0.15, 0.2) is 6.29 Å². The minimum atomic E-state index is -1.27. The van der Waals surface area contributed by atoms with Crippen molar-refractivity contribution in [2.75, 3.05) is 6.61 Å². The Morgan fingerprint density at radius 3 is 2.40 bits per heavy atom. The Labute approximate surface area is 119 Å². The molecule has 0 saturated carbocycles. The molecule has 3 N–H and O–H groups in total. The lowest BCUT2D eigenvalue weighted by Crippen LogP contribution is -2.57. The largest absolute Gasteiger partial charge is 0.388 e. The number of ketones is 1. The third kappa shape index (κ3) is 4.79. The minimum absolute atomic E-state index is 0.0527. The molecule has 6 heteroatoms. The molecule has 0 spiro atoms. The van der Waals surface area contributed by atoms with Crippen LogP contribution in [0.1, 0.15) is 40.0 Å². The van der Waals surface area contributed by atoms with Gasteiger partial charge in [0.2, 0.25) is 0 Å². The van der Waals surface area contributed by atoms with E-state index >= 15 is 0 Å². The molecule has 118 valence electrons. The van der Waals surface area contributed by atoms with Gasteiger partial charge in [0.05, 0.1) is 6.10 Å². The molecule has 0 aromatic carbocycles. The first-order valence-corrected chi connectivity index (χ1v) is 7.18. The van der Waals surface area contributed by atoms with E-state index in [1.54, 1.807) is 6.92 Å². The van der Waals surface area contributed by atoms with Gasteiger partial charge in [-0.3, -0.25) is 4.79 Å². The zero-order valence-corrected chi connectivity index (χ0v) is 12.4. The summed E-state index contributed by atoms with van der Waals surface area (Å²) in [6.45, 7) is 5.69. The first-order valence-electron chi connectivity index (χ1n) is 7.18. The van der Waals surface area contributed by atoms with Crippen LogP contribution in [0.15, 0.2) is 0 Å². The molecule has 1 aliphatic rings. The van der Waals surface area contributed by atoms with Gasteiger partial charge < -0.3 is 24.8 Å². The fourth-order valence-electron chi connectivity index (χ4n) is 2.04. The van der Waals surface area contributed by atoms with Crippen molar-refractivity contribution in [1.82, 2.24) is 0 Å². The SMILES string of the molecule is CC(C)C(=O)CCCCOC1OC(C)C(O)C(O)C1O. The van der Waals surface area contributed by atoms with Crippen molar-refractivity contribution in [3.8, 4) is 0 Å². The number of carbonyl (C=O) groups excluding carboxylic acids is 1. The molecule has 0 aliphatic carbocycles. The van der Waals surface area contributed by atoms with Crippen LogP contribution in [-0.2, 0) is 14.3 Å². The molecule has 20 heavy (non-hydrogen) atoms. The van der Waals surface area contributed by atoms with Crippen molar-refractivity contribution in [2.24, 2.45) is 5.92 Å². The Balaban J connectivity index is 2.23. The van der Waals surface area contributed by atoms with E-state index in [1.165, 1.54) is 0 Å². The van der Waals surface area contributed by atoms with Gasteiger partial charge in [-0.1, -0.05) is 13.8 Å². The van der Waals surface area contributed by atoms with Crippen LogP contribution in [0.4, 0.5) is 0 Å². The van der Waals surface area contributed by atoms with Gasteiger partial charge in [0.25, 0.3) is 0 Å². The highest BCUT2D eigenvalue weighted by Gasteiger charge is 2.42. The summed E-state index contributed by atoms with van der Waals surface area (Å²) >= 11 is 0. The summed E-state index contributed by atoms with van der Waals surface area (Å²) in [5, 5.41) is 28.9. The van der Waals surface area contributed by atoms with E-state index in [0.29, 0.717) is 19.4 Å². The number of ether oxygens (including phenoxy) is 2. The van der Waals surface area contributed by atoms with E-state index in [1.807, 2.05) is 13.8 Å². The van der Waals surface area contributed by atoms with Gasteiger partial charge in [-0.2, -0.15) is 0 Å². The van der Waals surface area contributed by atoms with Crippen molar-refractivity contribution in [2.45, 2.75) is 70.7 Å². The zero-order valence-electron chi connectivity index (χ0n) is 12.4. The van der Waals surface area contributed by atoms with E-state index in [9.17, 15) is 20.1 Å². The van der Waals surface area contributed by atoms with Gasteiger partial charge in [-0.25, -0.2) is 0 Å². The van der Waals surface area contributed by atoms with Gasteiger partial charge in [-0.05, 0) is 19.8 Å². The van der Waals surface area contributed by atoms with Crippen LogP contribution in [0.25, 0.3) is 0 Å². The van der Waals surface area contributed by atoms with Crippen LogP contribution in [0.3, 0.4) is 0 Å². The summed E-state index contributed by atoms with van der Waals surface area (Å²) < 4.78 is 10.7. The number of Topliss-reactive ketones (excluding diaryl/α,β-unsaturated/α-hetero) is 1. The first-order chi connectivity index (χ1) is 9.34. The summed E-state index contributed by atoms with van der Waals surface area (Å²) in [6, 6.07) is 0. The highest BCUT2D eigenvalue weighted by molar-refractivity contribution is 5.80. The summed E-state index contributed by atoms with van der Waals surface area (Å²) in [6.07, 6.45) is -3.27. The summed E-state index contributed by atoms with van der Waals surface area (Å²) in [4.78, 5) is 11.4. The molecule has 0 bridgehead atoms. The third-order valence-corrected chi connectivity index (χ3v) is 3.55. The lowest BCUT2D eigenvalue weighted by atomic mass is 10.00. The second-order valence-corrected chi connectivity index (χ2v) is 5.63. The predicted molar refractivity (Wildman–Crippen MR) is 72.0 cm³/mol. The second kappa shape index (κ2) is 8.05.